The maximum atomic E-state index is 14.7. The van der Waals surface area contributed by atoms with Crippen molar-refractivity contribution in [3.05, 3.63) is 81.0 Å². The highest BCUT2D eigenvalue weighted by atomic mass is 28.3. The highest BCUT2D eigenvalue weighted by Gasteiger charge is 2.43. The first-order chi connectivity index (χ1) is 14.7. The van der Waals surface area contributed by atoms with Gasteiger partial charge in [0.2, 0.25) is 0 Å². The van der Waals surface area contributed by atoms with Gasteiger partial charge in [0, 0.05) is 10.9 Å². The van der Waals surface area contributed by atoms with E-state index in [0.29, 0.717) is 5.20 Å². The van der Waals surface area contributed by atoms with E-state index in [9.17, 15) is 43.9 Å². The second-order valence-corrected chi connectivity index (χ2v) is 13.3. The van der Waals surface area contributed by atoms with Crippen LogP contribution in [-0.4, -0.2) is 14.8 Å². The van der Waals surface area contributed by atoms with Gasteiger partial charge in [0.1, 0.15) is 0 Å². The van der Waals surface area contributed by atoms with Gasteiger partial charge in [-0.2, -0.15) is 0 Å². The first-order valence-corrected chi connectivity index (χ1v) is 12.6. The summed E-state index contributed by atoms with van der Waals surface area (Å²) in [4.78, 5) is 0. The third kappa shape index (κ3) is 3.58. The molecule has 0 radical (unpaired) electrons. The molecule has 0 saturated heterocycles. The zero-order chi connectivity index (χ0) is 24.3. The Morgan fingerprint density at radius 3 is 1.19 bits per heavy atom. The van der Waals surface area contributed by atoms with E-state index in [0.717, 1.165) is 6.08 Å². The van der Waals surface area contributed by atoms with Gasteiger partial charge in [-0.15, -0.1) is 0 Å². The molecule has 0 heterocycles. The van der Waals surface area contributed by atoms with Crippen LogP contribution in [0.4, 0.5) is 43.9 Å². The number of hydrogen-bond acceptors (Lipinski definition) is 0. The zero-order valence-corrected chi connectivity index (χ0v) is 17.7. The van der Waals surface area contributed by atoms with Crippen LogP contribution in [0.2, 0.25) is 19.6 Å². The molecular weight excluding hydrogens is 469 g/mol. The molecule has 0 amide bonds. The van der Waals surface area contributed by atoms with Crippen LogP contribution in [-0.2, 0) is 0 Å². The Morgan fingerprint density at radius 1 is 0.562 bits per heavy atom. The molecule has 0 aromatic heterocycles. The lowest BCUT2D eigenvalue weighted by Crippen LogP contribution is -2.53. The van der Waals surface area contributed by atoms with Gasteiger partial charge >= 0.3 is 0 Å². The Kier molecular flexibility index (Phi) is 6.13. The molecule has 0 nitrogen and oxygen atoms in total. The molecule has 1 aliphatic rings. The lowest BCUT2D eigenvalue weighted by Gasteiger charge is -2.26. The number of hydrogen-bond donors (Lipinski definition) is 0. The normalized spacial score (nSPS) is 14.0. The molecule has 2 aromatic carbocycles. The molecule has 1 aliphatic carbocycles. The third-order valence-corrected chi connectivity index (χ3v) is 7.55. The number of benzene rings is 2. The standard InChI is InChI=1S/C20H13BF10Si/c1-32(2,3)8-6-4-5-7(8)21(9-11(22)15(26)19(30)16(27)12(9)23)10-13(24)17(28)20(31)18(29)14(10)25/h4-5H,6H2,1-3H3. The van der Waals surface area contributed by atoms with Crippen LogP contribution in [0.15, 0.2) is 22.8 Å². The van der Waals surface area contributed by atoms with Gasteiger partial charge in [0.15, 0.2) is 58.2 Å². The first kappa shape index (κ1) is 24.2. The van der Waals surface area contributed by atoms with Crippen LogP contribution in [0.25, 0.3) is 0 Å². The highest BCUT2D eigenvalue weighted by Crippen LogP contribution is 2.32. The van der Waals surface area contributed by atoms with Gasteiger partial charge in [-0.1, -0.05) is 42.5 Å². The monoisotopic (exact) mass is 482 g/mol. The Bertz CT molecular complexity index is 1070. The molecule has 0 aliphatic heterocycles. The Labute approximate surface area is 177 Å². The van der Waals surface area contributed by atoms with E-state index in [4.69, 9.17) is 0 Å². The van der Waals surface area contributed by atoms with E-state index in [-0.39, 0.29) is 11.9 Å². The lowest BCUT2D eigenvalue weighted by atomic mass is 9.35. The molecule has 2 aromatic rings. The topological polar surface area (TPSA) is 0 Å². The van der Waals surface area contributed by atoms with Crippen molar-refractivity contribution in [1.82, 2.24) is 0 Å². The fourth-order valence-corrected chi connectivity index (χ4v) is 5.56. The van der Waals surface area contributed by atoms with E-state index >= 15 is 0 Å². The largest absolute Gasteiger partial charge is 0.256 e. The summed E-state index contributed by atoms with van der Waals surface area (Å²) in [6.07, 6.45) is 2.66. The maximum Gasteiger partial charge on any atom is 0.256 e. The van der Waals surface area contributed by atoms with Gasteiger partial charge < -0.3 is 0 Å². The van der Waals surface area contributed by atoms with E-state index < -0.39 is 83.9 Å². The smallest absolute Gasteiger partial charge is 0.204 e. The van der Waals surface area contributed by atoms with Crippen molar-refractivity contribution in [1.29, 1.82) is 0 Å². The first-order valence-electron chi connectivity index (χ1n) is 9.14. The van der Waals surface area contributed by atoms with Crippen molar-refractivity contribution in [2.24, 2.45) is 0 Å². The molecule has 0 unspecified atom stereocenters. The van der Waals surface area contributed by atoms with E-state index in [1.54, 1.807) is 19.6 Å². The van der Waals surface area contributed by atoms with E-state index in [2.05, 4.69) is 0 Å². The molecular formula is C20H13BF10Si. The van der Waals surface area contributed by atoms with Gasteiger partial charge in [-0.05, 0) is 6.42 Å². The molecule has 3 rings (SSSR count). The number of rotatable bonds is 4. The van der Waals surface area contributed by atoms with Gasteiger partial charge in [-0.3, -0.25) is 0 Å². The SMILES string of the molecule is C[Si](C)(C)C1=C(B(c2c(F)c(F)c(F)c(F)c2F)c2c(F)c(F)c(F)c(F)c2F)C=CC1. The molecule has 0 spiro atoms. The summed E-state index contributed by atoms with van der Waals surface area (Å²) >= 11 is 0. The lowest BCUT2D eigenvalue weighted by molar-refractivity contribution is 0.382. The summed E-state index contributed by atoms with van der Waals surface area (Å²) in [5.74, 6) is -24.4. The van der Waals surface area contributed by atoms with Gasteiger partial charge in [0.05, 0.1) is 8.07 Å². The molecule has 12 heteroatoms. The number of allylic oxidation sites excluding steroid dienone is 4. The van der Waals surface area contributed by atoms with Crippen molar-refractivity contribution < 1.29 is 43.9 Å². The van der Waals surface area contributed by atoms with Crippen molar-refractivity contribution >= 4 is 25.7 Å². The maximum absolute atomic E-state index is 14.7. The summed E-state index contributed by atoms with van der Waals surface area (Å²) in [5, 5.41) is 0.385. The van der Waals surface area contributed by atoms with Gasteiger partial charge in [0.25, 0.3) is 6.71 Å². The third-order valence-electron chi connectivity index (χ3n) is 5.25. The summed E-state index contributed by atoms with van der Waals surface area (Å²) in [6, 6.07) is 0. The average molecular weight is 482 g/mol. The minimum absolute atomic E-state index is 0.117. The summed E-state index contributed by atoms with van der Waals surface area (Å²) in [5.41, 5.74) is -3.70. The van der Waals surface area contributed by atoms with Crippen LogP contribution in [0.1, 0.15) is 6.42 Å². The van der Waals surface area contributed by atoms with E-state index in [1.165, 1.54) is 6.08 Å². The Morgan fingerprint density at radius 2 is 0.875 bits per heavy atom. The quantitative estimate of drug-likeness (QED) is 0.238. The Hall–Kier alpha value is -2.50. The molecule has 0 fully saturated rings. The minimum Gasteiger partial charge on any atom is -0.204 e. The molecule has 170 valence electrons. The van der Waals surface area contributed by atoms with Crippen LogP contribution < -0.4 is 10.9 Å². The van der Waals surface area contributed by atoms with Crippen LogP contribution >= 0.6 is 0 Å². The van der Waals surface area contributed by atoms with Crippen molar-refractivity contribution in [2.75, 3.05) is 0 Å². The highest BCUT2D eigenvalue weighted by molar-refractivity contribution is 6.94. The predicted octanol–water partition coefficient (Wildman–Crippen LogP) is 5.36. The van der Waals surface area contributed by atoms with Crippen LogP contribution in [0.5, 0.6) is 0 Å². The summed E-state index contributed by atoms with van der Waals surface area (Å²) < 4.78 is 142. The summed E-state index contributed by atoms with van der Waals surface area (Å²) in [6.45, 7) is 2.70. The second-order valence-electron chi connectivity index (χ2n) is 8.19. The fraction of sp³-hybridized carbons (Fsp3) is 0.200. The van der Waals surface area contributed by atoms with Crippen molar-refractivity contribution in [3.8, 4) is 0 Å². The average Bonchev–Trinajstić information content (AvgIpc) is 3.22. The zero-order valence-electron chi connectivity index (χ0n) is 16.7. The molecule has 0 N–H and O–H groups in total. The molecule has 0 bridgehead atoms. The van der Waals surface area contributed by atoms with Crippen LogP contribution in [0.3, 0.4) is 0 Å². The Balaban J connectivity index is 2.56. The van der Waals surface area contributed by atoms with Crippen molar-refractivity contribution in [2.45, 2.75) is 26.1 Å². The van der Waals surface area contributed by atoms with Gasteiger partial charge in [-0.25, -0.2) is 43.9 Å². The summed E-state index contributed by atoms with van der Waals surface area (Å²) in [7, 11) is -2.46. The predicted molar refractivity (Wildman–Crippen MR) is 102 cm³/mol. The van der Waals surface area contributed by atoms with Crippen molar-refractivity contribution in [3.63, 3.8) is 0 Å². The molecule has 32 heavy (non-hydrogen) atoms. The minimum atomic E-state index is -2.53. The molecule has 0 saturated carbocycles. The van der Waals surface area contributed by atoms with Crippen LogP contribution in [0, 0.1) is 58.2 Å². The van der Waals surface area contributed by atoms with E-state index in [1.807, 2.05) is 0 Å². The molecule has 0 atom stereocenters. The number of halogens is 10. The fourth-order valence-electron chi connectivity index (χ4n) is 3.74. The second kappa shape index (κ2) is 8.13.